The van der Waals surface area contributed by atoms with Crippen molar-refractivity contribution in [1.82, 2.24) is 15.1 Å². The summed E-state index contributed by atoms with van der Waals surface area (Å²) in [7, 11) is 3.16. The molecule has 0 radical (unpaired) electrons. The Balaban J connectivity index is 1.39. The molecule has 33 heavy (non-hydrogen) atoms. The normalized spacial score (nSPS) is 13.4. The Kier molecular flexibility index (Phi) is 8.29. The zero-order valence-corrected chi connectivity index (χ0v) is 19.4. The number of piperazine rings is 1. The molecular weight excluding hydrogens is 422 g/mol. The number of nitrogens with one attached hydrogen (secondary N) is 1. The van der Waals surface area contributed by atoms with Gasteiger partial charge in [-0.1, -0.05) is 6.07 Å². The van der Waals surface area contributed by atoms with E-state index in [4.69, 9.17) is 9.47 Å². The lowest BCUT2D eigenvalue weighted by Gasteiger charge is -2.35. The number of hydrogen-bond donors (Lipinski definition) is 1. The van der Waals surface area contributed by atoms with E-state index in [-0.39, 0.29) is 17.7 Å². The first-order chi connectivity index (χ1) is 15.9. The van der Waals surface area contributed by atoms with E-state index in [9.17, 15) is 14.4 Å². The highest BCUT2D eigenvalue weighted by Gasteiger charge is 2.25. The van der Waals surface area contributed by atoms with Gasteiger partial charge in [0.05, 0.1) is 14.2 Å². The van der Waals surface area contributed by atoms with Crippen LogP contribution in [0.15, 0.2) is 42.5 Å². The number of amides is 3. The van der Waals surface area contributed by atoms with E-state index >= 15 is 0 Å². The molecule has 0 saturated carbocycles. The number of carbonyl (C=O) groups excluding carboxylic acids is 3. The van der Waals surface area contributed by atoms with Gasteiger partial charge in [-0.15, -0.1) is 0 Å². The van der Waals surface area contributed by atoms with Crippen molar-refractivity contribution in [3.05, 3.63) is 59.2 Å². The number of aryl methyl sites for hydroxylation is 1. The summed E-state index contributed by atoms with van der Waals surface area (Å²) in [5.74, 6) is 1.19. The third-order valence-corrected chi connectivity index (χ3v) is 5.78. The molecule has 2 aromatic rings. The number of benzene rings is 2. The fourth-order valence-electron chi connectivity index (χ4n) is 3.74. The molecule has 1 aliphatic rings. The van der Waals surface area contributed by atoms with Gasteiger partial charge in [-0.3, -0.25) is 14.4 Å². The predicted molar refractivity (Wildman–Crippen MR) is 125 cm³/mol. The van der Waals surface area contributed by atoms with Crippen LogP contribution in [-0.4, -0.2) is 74.5 Å². The number of hydrogen-bond acceptors (Lipinski definition) is 5. The molecule has 0 aromatic heterocycles. The van der Waals surface area contributed by atoms with Gasteiger partial charge in [0.15, 0.2) is 0 Å². The Bertz CT molecular complexity index is 982. The Morgan fingerprint density at radius 1 is 0.879 bits per heavy atom. The van der Waals surface area contributed by atoms with Crippen LogP contribution >= 0.6 is 0 Å². The van der Waals surface area contributed by atoms with Crippen molar-refractivity contribution < 1.29 is 23.9 Å². The van der Waals surface area contributed by atoms with Gasteiger partial charge >= 0.3 is 0 Å². The van der Waals surface area contributed by atoms with E-state index < -0.39 is 0 Å². The van der Waals surface area contributed by atoms with E-state index in [0.717, 1.165) is 5.56 Å². The Morgan fingerprint density at radius 2 is 1.52 bits per heavy atom. The largest absolute Gasteiger partial charge is 0.497 e. The van der Waals surface area contributed by atoms with Crippen molar-refractivity contribution in [3.63, 3.8) is 0 Å². The summed E-state index contributed by atoms with van der Waals surface area (Å²) < 4.78 is 10.4. The van der Waals surface area contributed by atoms with E-state index in [1.54, 1.807) is 60.4 Å². The molecule has 1 heterocycles. The lowest BCUT2D eigenvalue weighted by molar-refractivity contribution is -0.132. The highest BCUT2D eigenvalue weighted by atomic mass is 16.5. The molecule has 0 spiro atoms. The van der Waals surface area contributed by atoms with Crippen molar-refractivity contribution in [3.8, 4) is 11.5 Å². The molecule has 8 heteroatoms. The molecule has 1 fully saturated rings. The SMILES string of the molecule is COc1ccc(C(=O)NCCCC(=O)N2CCN(C(=O)c3ccc(C)c(OC)c3)CC2)cc1. The molecule has 0 bridgehead atoms. The molecule has 8 nitrogen and oxygen atoms in total. The molecule has 0 unspecified atom stereocenters. The van der Waals surface area contributed by atoms with Crippen LogP contribution < -0.4 is 14.8 Å². The van der Waals surface area contributed by atoms with Crippen LogP contribution in [0.3, 0.4) is 0 Å². The van der Waals surface area contributed by atoms with Crippen LogP contribution in [0.2, 0.25) is 0 Å². The fourth-order valence-corrected chi connectivity index (χ4v) is 3.74. The summed E-state index contributed by atoms with van der Waals surface area (Å²) in [5, 5.41) is 2.83. The topological polar surface area (TPSA) is 88.2 Å². The molecule has 176 valence electrons. The van der Waals surface area contributed by atoms with Crippen LogP contribution in [0.25, 0.3) is 0 Å². The van der Waals surface area contributed by atoms with Crippen molar-refractivity contribution >= 4 is 17.7 Å². The molecule has 2 aromatic carbocycles. The van der Waals surface area contributed by atoms with Crippen molar-refractivity contribution in [2.24, 2.45) is 0 Å². The van der Waals surface area contributed by atoms with E-state index in [2.05, 4.69) is 5.32 Å². The van der Waals surface area contributed by atoms with Crippen LogP contribution in [0.4, 0.5) is 0 Å². The molecule has 1 N–H and O–H groups in total. The van der Waals surface area contributed by atoms with Gasteiger partial charge in [-0.25, -0.2) is 0 Å². The number of methoxy groups -OCH3 is 2. The summed E-state index contributed by atoms with van der Waals surface area (Å²) in [4.78, 5) is 41.1. The van der Waals surface area contributed by atoms with E-state index in [1.807, 2.05) is 13.0 Å². The summed E-state index contributed by atoms with van der Waals surface area (Å²) in [6.07, 6.45) is 0.912. The zero-order chi connectivity index (χ0) is 23.8. The van der Waals surface area contributed by atoms with E-state index in [1.165, 1.54) is 0 Å². The Morgan fingerprint density at radius 3 is 2.15 bits per heavy atom. The molecule has 0 aliphatic carbocycles. The maximum Gasteiger partial charge on any atom is 0.254 e. The molecular formula is C25H31N3O5. The third kappa shape index (κ3) is 6.25. The van der Waals surface area contributed by atoms with E-state index in [0.29, 0.717) is 68.2 Å². The Labute approximate surface area is 194 Å². The molecule has 3 rings (SSSR count). The highest BCUT2D eigenvalue weighted by molar-refractivity contribution is 5.95. The van der Waals surface area contributed by atoms with Gasteiger partial charge in [0.25, 0.3) is 11.8 Å². The second-order valence-electron chi connectivity index (χ2n) is 7.95. The maximum atomic E-state index is 12.8. The highest BCUT2D eigenvalue weighted by Crippen LogP contribution is 2.20. The molecule has 1 aliphatic heterocycles. The lowest BCUT2D eigenvalue weighted by atomic mass is 10.1. The average Bonchev–Trinajstić information content (AvgIpc) is 2.86. The smallest absolute Gasteiger partial charge is 0.254 e. The minimum Gasteiger partial charge on any atom is -0.497 e. The summed E-state index contributed by atoms with van der Waals surface area (Å²) >= 11 is 0. The van der Waals surface area contributed by atoms with Crippen molar-refractivity contribution in [2.45, 2.75) is 19.8 Å². The van der Waals surface area contributed by atoms with Gasteiger partial charge in [0, 0.05) is 50.3 Å². The Hall–Kier alpha value is -3.55. The minimum atomic E-state index is -0.176. The second kappa shape index (κ2) is 11.4. The summed E-state index contributed by atoms with van der Waals surface area (Å²) in [5.41, 5.74) is 2.11. The summed E-state index contributed by atoms with van der Waals surface area (Å²) in [6, 6.07) is 12.3. The monoisotopic (exact) mass is 453 g/mol. The average molecular weight is 454 g/mol. The first-order valence-electron chi connectivity index (χ1n) is 11.1. The van der Waals surface area contributed by atoms with Gasteiger partial charge in [0.1, 0.15) is 11.5 Å². The molecule has 0 atom stereocenters. The van der Waals surface area contributed by atoms with Gasteiger partial charge in [-0.05, 0) is 55.3 Å². The third-order valence-electron chi connectivity index (χ3n) is 5.78. The van der Waals surface area contributed by atoms with Crippen LogP contribution in [-0.2, 0) is 4.79 Å². The minimum absolute atomic E-state index is 0.0396. The van der Waals surface area contributed by atoms with Gasteiger partial charge in [0.2, 0.25) is 5.91 Å². The number of rotatable bonds is 8. The predicted octanol–water partition coefficient (Wildman–Crippen LogP) is 2.51. The molecule has 3 amide bonds. The number of nitrogens with zero attached hydrogens (tertiary/aromatic N) is 2. The van der Waals surface area contributed by atoms with Crippen LogP contribution in [0, 0.1) is 6.92 Å². The van der Waals surface area contributed by atoms with Gasteiger partial charge in [-0.2, -0.15) is 0 Å². The quantitative estimate of drug-likeness (QED) is 0.621. The second-order valence-corrected chi connectivity index (χ2v) is 7.95. The first-order valence-corrected chi connectivity index (χ1v) is 11.1. The van der Waals surface area contributed by atoms with Crippen LogP contribution in [0.5, 0.6) is 11.5 Å². The summed E-state index contributed by atoms with van der Waals surface area (Å²) in [6.45, 7) is 4.35. The maximum absolute atomic E-state index is 12.8. The van der Waals surface area contributed by atoms with Crippen molar-refractivity contribution in [1.29, 1.82) is 0 Å². The standard InChI is InChI=1S/C25H31N3O5/c1-18-6-7-20(17-22(18)33-3)25(31)28-15-13-27(14-16-28)23(29)5-4-12-26-24(30)19-8-10-21(32-2)11-9-19/h6-11,17H,4-5,12-16H2,1-3H3,(H,26,30). The number of carbonyl (C=O) groups is 3. The lowest BCUT2D eigenvalue weighted by Crippen LogP contribution is -2.50. The molecule has 1 saturated heterocycles. The first kappa shape index (κ1) is 24.1. The van der Waals surface area contributed by atoms with Gasteiger partial charge < -0.3 is 24.6 Å². The fraction of sp³-hybridized carbons (Fsp3) is 0.400. The zero-order valence-electron chi connectivity index (χ0n) is 19.4. The number of ether oxygens (including phenoxy) is 2. The van der Waals surface area contributed by atoms with Crippen LogP contribution in [0.1, 0.15) is 39.1 Å². The van der Waals surface area contributed by atoms with Crippen molar-refractivity contribution in [2.75, 3.05) is 46.9 Å².